The van der Waals surface area contributed by atoms with Crippen molar-refractivity contribution in [1.29, 1.82) is 0 Å². The topological polar surface area (TPSA) is 112 Å². The van der Waals surface area contributed by atoms with Crippen molar-refractivity contribution in [2.45, 2.75) is 76.3 Å². The Hall–Kier alpha value is -3.33. The Balaban J connectivity index is 1.31. The molecule has 4 N–H and O–H groups in total. The second-order valence-electron chi connectivity index (χ2n) is 14.5. The average molecular weight is 610 g/mol. The summed E-state index contributed by atoms with van der Waals surface area (Å²) in [4.78, 5) is 36.2. The number of hydrogen-bond donors (Lipinski definition) is 3. The van der Waals surface area contributed by atoms with Crippen molar-refractivity contribution >= 4 is 22.7 Å². The predicted octanol–water partition coefficient (Wildman–Crippen LogP) is 4.26. The van der Waals surface area contributed by atoms with Crippen molar-refractivity contribution in [3.63, 3.8) is 0 Å². The number of nitrogens with zero attached hydrogens (tertiary/aromatic N) is 3. The molecule has 2 aromatic carbocycles. The SMILES string of the molecule is CN1CC(NC(=O)c2cccc([C@@H](CCN3CCC[C@H]3CO)c3c(C(N)=O)ccc4nc5c(cc34)CC(C3(C)CC3)CC5)c2)C1. The molecular formula is C37H47N5O3. The van der Waals surface area contributed by atoms with Crippen LogP contribution in [0.15, 0.2) is 42.5 Å². The van der Waals surface area contributed by atoms with Gasteiger partial charge in [0.15, 0.2) is 0 Å². The third kappa shape index (κ3) is 6.00. The summed E-state index contributed by atoms with van der Waals surface area (Å²) >= 11 is 0. The number of nitrogens with one attached hydrogen (secondary N) is 1. The van der Waals surface area contributed by atoms with Gasteiger partial charge in [-0.3, -0.25) is 19.5 Å². The van der Waals surface area contributed by atoms with Gasteiger partial charge in [0.05, 0.1) is 18.2 Å². The molecule has 0 bridgehead atoms. The number of hydrogen-bond acceptors (Lipinski definition) is 6. The number of aromatic nitrogens is 1. The number of fused-ring (bicyclic) bond motifs is 2. The Morgan fingerprint density at radius 3 is 2.71 bits per heavy atom. The molecule has 2 amide bonds. The zero-order valence-corrected chi connectivity index (χ0v) is 26.7. The molecule has 1 unspecified atom stereocenters. The molecule has 3 atom stereocenters. The molecule has 4 aliphatic rings. The summed E-state index contributed by atoms with van der Waals surface area (Å²) < 4.78 is 0. The first-order valence-corrected chi connectivity index (χ1v) is 16.9. The maximum Gasteiger partial charge on any atom is 0.251 e. The summed E-state index contributed by atoms with van der Waals surface area (Å²) in [5, 5.41) is 14.2. The largest absolute Gasteiger partial charge is 0.395 e. The second-order valence-corrected chi connectivity index (χ2v) is 14.5. The Morgan fingerprint density at radius 1 is 1.16 bits per heavy atom. The van der Waals surface area contributed by atoms with Crippen LogP contribution in [-0.2, 0) is 12.8 Å². The van der Waals surface area contributed by atoms with E-state index in [9.17, 15) is 14.7 Å². The van der Waals surface area contributed by atoms with Gasteiger partial charge in [-0.25, -0.2) is 0 Å². The van der Waals surface area contributed by atoms with Crippen LogP contribution >= 0.6 is 0 Å². The van der Waals surface area contributed by atoms with Crippen molar-refractivity contribution < 1.29 is 14.7 Å². The standard InChI is InChI=1S/C37H47N5O3/c1-37(13-14-37)26-8-10-32-25(18-26)19-31-33(40-32)11-9-30(35(38)44)34(31)29(12-16-42-15-4-7-28(42)22-43)23-5-3-6-24(17-23)36(45)39-27-20-41(2)21-27/h3,5-6,9,11,17,19,26-29,43H,4,7-8,10,12-16,18,20-22H2,1-2H3,(H2,38,44)(H,39,45)/t26?,28-,29+/m0/s1. The van der Waals surface area contributed by atoms with Crippen LogP contribution in [0.4, 0.5) is 0 Å². The fourth-order valence-electron chi connectivity index (χ4n) is 8.34. The van der Waals surface area contributed by atoms with Crippen LogP contribution in [0.3, 0.4) is 0 Å². The predicted molar refractivity (Wildman–Crippen MR) is 176 cm³/mol. The lowest BCUT2D eigenvalue weighted by Gasteiger charge is -2.36. The normalized spacial score (nSPS) is 23.8. The third-order valence-electron chi connectivity index (χ3n) is 11.4. The number of likely N-dealkylation sites (N-methyl/N-ethyl adjacent to an activating group) is 1. The Morgan fingerprint density at radius 2 is 1.98 bits per heavy atom. The number of amides is 2. The van der Waals surface area contributed by atoms with Crippen LogP contribution in [0.5, 0.6) is 0 Å². The van der Waals surface area contributed by atoms with Gasteiger partial charge in [-0.1, -0.05) is 19.1 Å². The summed E-state index contributed by atoms with van der Waals surface area (Å²) in [7, 11) is 2.05. The number of carbonyl (C=O) groups is 2. The molecule has 238 valence electrons. The van der Waals surface area contributed by atoms with E-state index in [1.54, 1.807) is 0 Å². The summed E-state index contributed by atoms with van der Waals surface area (Å²) in [5.41, 5.74) is 13.0. The van der Waals surface area contributed by atoms with Gasteiger partial charge in [0, 0.05) is 47.3 Å². The van der Waals surface area contributed by atoms with E-state index in [4.69, 9.17) is 10.7 Å². The lowest BCUT2D eigenvalue weighted by molar-refractivity contribution is 0.0857. The number of carbonyl (C=O) groups excluding carboxylic acids is 2. The lowest BCUT2D eigenvalue weighted by atomic mass is 9.76. The molecular weight excluding hydrogens is 562 g/mol. The minimum absolute atomic E-state index is 0.0722. The van der Waals surface area contributed by atoms with Gasteiger partial charge < -0.3 is 21.1 Å². The third-order valence-corrected chi connectivity index (χ3v) is 11.4. The van der Waals surface area contributed by atoms with E-state index >= 15 is 0 Å². The second kappa shape index (κ2) is 12.1. The summed E-state index contributed by atoms with van der Waals surface area (Å²) in [6.07, 6.45) is 8.60. The number of nitrogens with two attached hydrogens (primary N) is 1. The van der Waals surface area contributed by atoms with Crippen LogP contribution in [0.2, 0.25) is 0 Å². The molecule has 7 rings (SSSR count). The van der Waals surface area contributed by atoms with Crippen molar-refractivity contribution in [2.75, 3.05) is 39.8 Å². The Kier molecular flexibility index (Phi) is 8.17. The molecule has 45 heavy (non-hydrogen) atoms. The highest BCUT2D eigenvalue weighted by molar-refractivity contribution is 6.01. The molecule has 3 heterocycles. The number of likely N-dealkylation sites (tertiary alicyclic amines) is 2. The number of benzene rings is 2. The summed E-state index contributed by atoms with van der Waals surface area (Å²) in [6.45, 7) is 6.00. The molecule has 0 radical (unpaired) electrons. The van der Waals surface area contributed by atoms with E-state index < -0.39 is 5.91 Å². The number of aliphatic hydroxyl groups excluding tert-OH is 1. The number of primary amides is 1. The highest BCUT2D eigenvalue weighted by Crippen LogP contribution is 2.55. The fraction of sp³-hybridized carbons (Fsp3) is 0.541. The number of aryl methyl sites for hydroxylation is 1. The number of aliphatic hydroxyl groups is 1. The average Bonchev–Trinajstić information content (AvgIpc) is 3.61. The lowest BCUT2D eigenvalue weighted by Crippen LogP contribution is -2.57. The maximum absolute atomic E-state index is 13.3. The summed E-state index contributed by atoms with van der Waals surface area (Å²) in [6, 6.07) is 14.3. The molecule has 2 aliphatic heterocycles. The van der Waals surface area contributed by atoms with Gasteiger partial charge >= 0.3 is 0 Å². The van der Waals surface area contributed by atoms with Gasteiger partial charge in [0.2, 0.25) is 5.91 Å². The Labute approximate surface area is 266 Å². The van der Waals surface area contributed by atoms with Crippen molar-refractivity contribution in [2.24, 2.45) is 17.1 Å². The van der Waals surface area contributed by atoms with Crippen molar-refractivity contribution in [1.82, 2.24) is 20.1 Å². The monoisotopic (exact) mass is 609 g/mol. The maximum atomic E-state index is 13.3. The smallest absolute Gasteiger partial charge is 0.251 e. The molecule has 2 saturated heterocycles. The molecule has 3 fully saturated rings. The number of rotatable bonds is 10. The first kappa shape index (κ1) is 30.3. The van der Waals surface area contributed by atoms with E-state index in [0.717, 1.165) is 80.3 Å². The van der Waals surface area contributed by atoms with Crippen LogP contribution in [-0.4, -0.2) is 83.6 Å². The zero-order valence-electron chi connectivity index (χ0n) is 26.7. The van der Waals surface area contributed by atoms with Gasteiger partial charge in [0.1, 0.15) is 0 Å². The quantitative estimate of drug-likeness (QED) is 0.317. The molecule has 2 aliphatic carbocycles. The summed E-state index contributed by atoms with van der Waals surface area (Å²) in [5.74, 6) is -0.0367. The molecule has 0 spiro atoms. The van der Waals surface area contributed by atoms with E-state index in [1.165, 1.54) is 30.5 Å². The fourth-order valence-corrected chi connectivity index (χ4v) is 8.34. The van der Waals surface area contributed by atoms with E-state index in [1.807, 2.05) is 30.3 Å². The first-order valence-electron chi connectivity index (χ1n) is 16.9. The van der Waals surface area contributed by atoms with Crippen LogP contribution in [0, 0.1) is 11.3 Å². The van der Waals surface area contributed by atoms with Crippen molar-refractivity contribution in [3.05, 3.63) is 76.0 Å². The van der Waals surface area contributed by atoms with Crippen LogP contribution in [0.1, 0.15) is 94.5 Å². The molecule has 1 saturated carbocycles. The van der Waals surface area contributed by atoms with E-state index in [0.29, 0.717) is 22.5 Å². The molecule has 8 heteroatoms. The highest BCUT2D eigenvalue weighted by atomic mass is 16.3. The van der Waals surface area contributed by atoms with Gasteiger partial charge in [-0.2, -0.15) is 0 Å². The van der Waals surface area contributed by atoms with Crippen LogP contribution < -0.4 is 11.1 Å². The van der Waals surface area contributed by atoms with Crippen LogP contribution in [0.25, 0.3) is 10.9 Å². The van der Waals surface area contributed by atoms with Gasteiger partial charge in [-0.05, 0) is 130 Å². The molecule has 1 aromatic heterocycles. The first-order chi connectivity index (χ1) is 21.7. The van der Waals surface area contributed by atoms with Crippen molar-refractivity contribution in [3.8, 4) is 0 Å². The minimum atomic E-state index is -0.449. The molecule has 3 aromatic rings. The van der Waals surface area contributed by atoms with Gasteiger partial charge in [-0.15, -0.1) is 0 Å². The zero-order chi connectivity index (χ0) is 31.3. The van der Waals surface area contributed by atoms with Gasteiger partial charge in [0.25, 0.3) is 5.91 Å². The minimum Gasteiger partial charge on any atom is -0.395 e. The Bertz CT molecular complexity index is 1610. The number of pyridine rings is 1. The van der Waals surface area contributed by atoms with E-state index in [2.05, 4.69) is 41.2 Å². The van der Waals surface area contributed by atoms with E-state index in [-0.39, 0.29) is 30.5 Å². The molecule has 8 nitrogen and oxygen atoms in total. The highest BCUT2D eigenvalue weighted by Gasteiger charge is 2.45.